The Morgan fingerprint density at radius 1 is 1.02 bits per heavy atom. The topological polar surface area (TPSA) is 126 Å². The Morgan fingerprint density at radius 3 is 2.59 bits per heavy atom. The molecule has 2 aromatic carbocycles. The van der Waals surface area contributed by atoms with Gasteiger partial charge in [0.25, 0.3) is 11.8 Å². The molecule has 1 atom stereocenters. The number of pyridine rings is 1. The van der Waals surface area contributed by atoms with Gasteiger partial charge in [-0.2, -0.15) is 0 Å². The van der Waals surface area contributed by atoms with Crippen molar-refractivity contribution < 1.29 is 33.3 Å². The second-order valence-corrected chi connectivity index (χ2v) is 12.8. The van der Waals surface area contributed by atoms with E-state index in [1.165, 1.54) is 4.90 Å². The van der Waals surface area contributed by atoms with Crippen LogP contribution in [0.1, 0.15) is 42.1 Å². The molecule has 262 valence electrons. The Hall–Kier alpha value is -4.78. The number of nitrogens with one attached hydrogen (secondary N) is 1. The molecule has 3 aliphatic rings. The fourth-order valence-electron chi connectivity index (χ4n) is 6.97. The highest BCUT2D eigenvalue weighted by Gasteiger charge is 2.29. The molecule has 1 saturated heterocycles. The second kappa shape index (κ2) is 14.8. The number of hydrogen-bond acceptors (Lipinski definition) is 10. The monoisotopic (exact) mass is 674 g/mol. The maximum atomic E-state index is 14.0. The van der Waals surface area contributed by atoms with Gasteiger partial charge in [0.15, 0.2) is 18.1 Å². The van der Waals surface area contributed by atoms with Gasteiger partial charge in [-0.25, -0.2) is 4.98 Å². The number of nitrogens with zero attached hydrogens (tertiary/aromatic N) is 5. The molecule has 4 heterocycles. The molecule has 2 bridgehead atoms. The van der Waals surface area contributed by atoms with Gasteiger partial charge in [-0.1, -0.05) is 6.92 Å². The molecule has 13 nitrogen and oxygen atoms in total. The first-order valence-electron chi connectivity index (χ1n) is 16.9. The standard InChI is InChI=1S/C36H46N6O7/c1-6-40-14-15-41(36(45)24-9-10-29-28(17-24)39(2)32(44)22-49-29)13-11-31(43)37-19-23-8-7-12-42(20-23)35-25(21-40)16-26-27(38-35)18-30(46-3)34(48-5)33(26)47-4/h9-10,16-18,23H,6-8,11-15,19-22H2,1-5H3,(H,37,43). The Labute approximate surface area is 287 Å². The van der Waals surface area contributed by atoms with Crippen LogP contribution in [-0.4, -0.2) is 113 Å². The van der Waals surface area contributed by atoms with Crippen molar-refractivity contribution in [1.82, 2.24) is 20.1 Å². The lowest BCUT2D eigenvalue weighted by atomic mass is 9.97. The van der Waals surface area contributed by atoms with Crippen LogP contribution in [0, 0.1) is 5.92 Å². The van der Waals surface area contributed by atoms with E-state index in [-0.39, 0.29) is 43.2 Å². The fraction of sp³-hybridized carbons (Fsp3) is 0.500. The zero-order valence-electron chi connectivity index (χ0n) is 29.0. The summed E-state index contributed by atoms with van der Waals surface area (Å²) >= 11 is 0. The van der Waals surface area contributed by atoms with E-state index >= 15 is 0 Å². The minimum absolute atomic E-state index is 0.0353. The first kappa shape index (κ1) is 34.1. The van der Waals surface area contributed by atoms with E-state index in [4.69, 9.17) is 23.9 Å². The van der Waals surface area contributed by atoms with Gasteiger partial charge in [0.2, 0.25) is 11.7 Å². The Morgan fingerprint density at radius 2 is 1.84 bits per heavy atom. The molecule has 3 amide bonds. The van der Waals surface area contributed by atoms with Gasteiger partial charge in [-0.15, -0.1) is 0 Å². The molecule has 49 heavy (non-hydrogen) atoms. The summed E-state index contributed by atoms with van der Waals surface area (Å²) < 4.78 is 22.8. The van der Waals surface area contributed by atoms with Crippen LogP contribution in [0.5, 0.6) is 23.0 Å². The maximum absolute atomic E-state index is 14.0. The first-order valence-corrected chi connectivity index (χ1v) is 16.9. The van der Waals surface area contributed by atoms with Crippen molar-refractivity contribution in [2.45, 2.75) is 32.7 Å². The van der Waals surface area contributed by atoms with Crippen molar-refractivity contribution >= 4 is 40.1 Å². The van der Waals surface area contributed by atoms with E-state index in [9.17, 15) is 14.4 Å². The van der Waals surface area contributed by atoms with E-state index in [1.54, 1.807) is 51.5 Å². The third-order valence-electron chi connectivity index (χ3n) is 9.80. The summed E-state index contributed by atoms with van der Waals surface area (Å²) in [7, 11) is 6.48. The summed E-state index contributed by atoms with van der Waals surface area (Å²) in [6.07, 6.45) is 2.18. The third kappa shape index (κ3) is 7.03. The highest BCUT2D eigenvalue weighted by Crippen LogP contribution is 2.44. The number of methoxy groups -OCH3 is 3. The number of hydrogen-bond donors (Lipinski definition) is 1. The van der Waals surface area contributed by atoms with Crippen molar-refractivity contribution in [3.05, 3.63) is 41.5 Å². The molecule has 1 fully saturated rings. The van der Waals surface area contributed by atoms with E-state index < -0.39 is 0 Å². The van der Waals surface area contributed by atoms with E-state index in [0.717, 1.165) is 54.8 Å². The SMILES string of the molecule is CCN1CCN(C(=O)c2ccc3c(c2)N(C)C(=O)CO3)CCC(=O)NCC2CCCN(C2)c2nc3cc(OC)c(OC)c(OC)c3cc2C1. The summed E-state index contributed by atoms with van der Waals surface area (Å²) in [5.74, 6) is 2.85. The number of carbonyl (C=O) groups is 3. The number of rotatable bonds is 5. The predicted molar refractivity (Wildman–Crippen MR) is 186 cm³/mol. The van der Waals surface area contributed by atoms with Crippen molar-refractivity contribution in [2.24, 2.45) is 5.92 Å². The van der Waals surface area contributed by atoms with Crippen molar-refractivity contribution in [1.29, 1.82) is 0 Å². The smallest absolute Gasteiger partial charge is 0.264 e. The lowest BCUT2D eigenvalue weighted by Crippen LogP contribution is -2.42. The number of likely N-dealkylation sites (N-methyl/N-ethyl adjacent to an activating group) is 2. The molecule has 0 spiro atoms. The van der Waals surface area contributed by atoms with Gasteiger partial charge in [0, 0.05) is 81.9 Å². The molecule has 1 aromatic heterocycles. The van der Waals surface area contributed by atoms with Crippen LogP contribution in [0.15, 0.2) is 30.3 Å². The zero-order chi connectivity index (χ0) is 34.7. The molecule has 13 heteroatoms. The molecule has 3 aliphatic heterocycles. The van der Waals surface area contributed by atoms with Crippen molar-refractivity contribution in [2.75, 3.05) is 90.6 Å². The van der Waals surface area contributed by atoms with Crippen molar-refractivity contribution in [3.63, 3.8) is 0 Å². The third-order valence-corrected chi connectivity index (χ3v) is 9.80. The lowest BCUT2D eigenvalue weighted by molar-refractivity contribution is -0.122. The average molecular weight is 675 g/mol. The van der Waals surface area contributed by atoms with Crippen LogP contribution in [0.4, 0.5) is 11.5 Å². The zero-order valence-corrected chi connectivity index (χ0v) is 29.0. The predicted octanol–water partition coefficient (Wildman–Crippen LogP) is 3.32. The molecule has 1 N–H and O–H groups in total. The molecule has 3 aromatic rings. The van der Waals surface area contributed by atoms with Gasteiger partial charge < -0.3 is 39.0 Å². The van der Waals surface area contributed by atoms with Crippen LogP contribution < -0.4 is 34.1 Å². The highest BCUT2D eigenvalue weighted by atomic mass is 16.5. The minimum atomic E-state index is -0.205. The van der Waals surface area contributed by atoms with Gasteiger partial charge in [0.05, 0.1) is 32.5 Å². The number of benzene rings is 2. The van der Waals surface area contributed by atoms with Crippen LogP contribution in [-0.2, 0) is 16.1 Å². The highest BCUT2D eigenvalue weighted by molar-refractivity contribution is 6.01. The Balaban J connectivity index is 1.36. The number of ether oxygens (including phenoxy) is 4. The molecular formula is C36H46N6O7. The maximum Gasteiger partial charge on any atom is 0.264 e. The van der Waals surface area contributed by atoms with Gasteiger partial charge >= 0.3 is 0 Å². The average Bonchev–Trinajstić information content (AvgIpc) is 3.13. The number of aromatic nitrogens is 1. The quantitative estimate of drug-likeness (QED) is 0.431. The molecule has 6 rings (SSSR count). The summed E-state index contributed by atoms with van der Waals surface area (Å²) in [6, 6.07) is 9.16. The Bertz CT molecular complexity index is 1730. The number of anilines is 2. The first-order chi connectivity index (χ1) is 23.7. The van der Waals surface area contributed by atoms with E-state index in [0.29, 0.717) is 60.4 Å². The van der Waals surface area contributed by atoms with E-state index in [2.05, 4.69) is 28.1 Å². The van der Waals surface area contributed by atoms with Gasteiger partial charge in [0.1, 0.15) is 11.6 Å². The van der Waals surface area contributed by atoms with Crippen LogP contribution in [0.25, 0.3) is 10.9 Å². The van der Waals surface area contributed by atoms with Gasteiger partial charge in [-0.05, 0) is 49.6 Å². The largest absolute Gasteiger partial charge is 0.493 e. The van der Waals surface area contributed by atoms with Gasteiger partial charge in [-0.3, -0.25) is 19.3 Å². The number of piperidine rings is 1. The second-order valence-electron chi connectivity index (χ2n) is 12.8. The summed E-state index contributed by atoms with van der Waals surface area (Å²) in [6.45, 7) is 6.81. The molecule has 1 unspecified atom stereocenters. The van der Waals surface area contributed by atoms with Crippen LogP contribution in [0.2, 0.25) is 0 Å². The molecule has 0 saturated carbocycles. The number of fused-ring (bicyclic) bond motifs is 6. The minimum Gasteiger partial charge on any atom is -0.493 e. The summed E-state index contributed by atoms with van der Waals surface area (Å²) in [5, 5.41) is 3.96. The van der Waals surface area contributed by atoms with E-state index in [1.807, 2.05) is 6.07 Å². The molecular weight excluding hydrogens is 628 g/mol. The van der Waals surface area contributed by atoms with Crippen molar-refractivity contribution in [3.8, 4) is 23.0 Å². The number of carbonyl (C=O) groups excluding carboxylic acids is 3. The van der Waals surface area contributed by atoms with Crippen LogP contribution in [0.3, 0.4) is 0 Å². The Kier molecular flexibility index (Phi) is 10.3. The molecule has 0 aliphatic carbocycles. The fourth-order valence-corrected chi connectivity index (χ4v) is 6.97. The lowest BCUT2D eigenvalue weighted by Gasteiger charge is -2.35. The number of amides is 3. The molecule has 0 radical (unpaired) electrons. The summed E-state index contributed by atoms with van der Waals surface area (Å²) in [5.41, 5.74) is 2.77. The summed E-state index contributed by atoms with van der Waals surface area (Å²) in [4.78, 5) is 52.5. The normalized spacial score (nSPS) is 19.2. The van der Waals surface area contributed by atoms with Crippen LogP contribution >= 0.6 is 0 Å².